The van der Waals surface area contributed by atoms with E-state index in [0.717, 1.165) is 19.1 Å². The van der Waals surface area contributed by atoms with Crippen LogP contribution in [0.25, 0.3) is 5.57 Å². The van der Waals surface area contributed by atoms with Crippen molar-refractivity contribution in [2.24, 2.45) is 5.73 Å². The first kappa shape index (κ1) is 20.9. The molecule has 142 valence electrons. The average Bonchev–Trinajstić information content (AvgIpc) is 2.48. The number of piperidine rings is 1. The lowest BCUT2D eigenvalue weighted by molar-refractivity contribution is 0.189. The van der Waals surface area contributed by atoms with Gasteiger partial charge < -0.3 is 16.5 Å². The third kappa shape index (κ3) is 4.87. The van der Waals surface area contributed by atoms with Gasteiger partial charge in [-0.3, -0.25) is 5.41 Å². The minimum absolute atomic E-state index is 0.0244. The number of allylic oxidation sites excluding steroid dienone is 1. The molecule has 2 rings (SSSR count). The van der Waals surface area contributed by atoms with Crippen LogP contribution in [0.2, 0.25) is 5.02 Å². The van der Waals surface area contributed by atoms with Gasteiger partial charge in [-0.2, -0.15) is 0 Å². The molecule has 1 saturated heterocycles. The summed E-state index contributed by atoms with van der Waals surface area (Å²) in [6.45, 7) is 8.63. The predicted molar refractivity (Wildman–Crippen MR) is 111 cm³/mol. The van der Waals surface area contributed by atoms with Crippen molar-refractivity contribution in [2.75, 3.05) is 0 Å². The Morgan fingerprint density at radius 3 is 2.35 bits per heavy atom. The summed E-state index contributed by atoms with van der Waals surface area (Å²) in [5.41, 5.74) is 6.16. The fourth-order valence-corrected chi connectivity index (χ4v) is 5.64. The third-order valence-corrected chi connectivity index (χ3v) is 5.82. The largest absolute Gasteiger partial charge is 0.404 e. The number of benzene rings is 1. The number of nitrogens with one attached hydrogen (secondary N) is 3. The summed E-state index contributed by atoms with van der Waals surface area (Å²) in [4.78, 5) is 0. The van der Waals surface area contributed by atoms with Gasteiger partial charge in [0.2, 0.25) is 0 Å². The zero-order valence-electron chi connectivity index (χ0n) is 15.5. The first-order valence-corrected chi connectivity index (χ1v) is 9.70. The number of hydrogen-bond donors (Lipinski definition) is 4. The van der Waals surface area contributed by atoms with E-state index >= 15 is 0 Å². The monoisotopic (exact) mass is 396 g/mol. The average molecular weight is 397 g/mol. The summed E-state index contributed by atoms with van der Waals surface area (Å²) >= 11 is 7.74. The molecule has 1 aromatic carbocycles. The fraction of sp³-hybridized carbons (Fsp3) is 0.474. The van der Waals surface area contributed by atoms with Crippen molar-refractivity contribution in [3.63, 3.8) is 0 Å². The molecule has 0 radical (unpaired) electrons. The highest BCUT2D eigenvalue weighted by Gasteiger charge is 2.38. The Balaban J connectivity index is 2.25. The van der Waals surface area contributed by atoms with Gasteiger partial charge >= 0.3 is 0 Å². The molecule has 0 spiro atoms. The maximum atomic E-state index is 14.5. The van der Waals surface area contributed by atoms with Crippen LogP contribution in [0.15, 0.2) is 18.3 Å². The zero-order chi connectivity index (χ0) is 19.7. The predicted octanol–water partition coefficient (Wildman–Crippen LogP) is 4.80. The van der Waals surface area contributed by atoms with Crippen molar-refractivity contribution in [3.8, 4) is 0 Å². The standard InChI is InChI=1S/C19H26ClFN4S/c1-18(2)7-12(8-19(3,4)25-18)26-17(24)14-6-16(21)13(5-15(14)20)11(9-22)10-23/h5-6,9-10,12,22,24-25H,7-8,23H2,1-4H3. The Labute approximate surface area is 163 Å². The third-order valence-electron chi connectivity index (χ3n) is 4.38. The van der Waals surface area contributed by atoms with Crippen LogP contribution in [-0.2, 0) is 0 Å². The highest BCUT2D eigenvalue weighted by atomic mass is 35.5. The van der Waals surface area contributed by atoms with Gasteiger partial charge in [0.15, 0.2) is 0 Å². The lowest BCUT2D eigenvalue weighted by Gasteiger charge is -2.46. The molecule has 26 heavy (non-hydrogen) atoms. The molecule has 1 aliphatic heterocycles. The van der Waals surface area contributed by atoms with Crippen LogP contribution in [0.5, 0.6) is 0 Å². The molecule has 1 aliphatic rings. The number of halogens is 2. The van der Waals surface area contributed by atoms with Crippen LogP contribution in [0.1, 0.15) is 51.7 Å². The van der Waals surface area contributed by atoms with Crippen molar-refractivity contribution in [3.05, 3.63) is 40.3 Å². The Morgan fingerprint density at radius 1 is 1.27 bits per heavy atom. The molecule has 0 atom stereocenters. The van der Waals surface area contributed by atoms with Gasteiger partial charge in [0.25, 0.3) is 0 Å². The van der Waals surface area contributed by atoms with E-state index in [1.165, 1.54) is 30.1 Å². The topological polar surface area (TPSA) is 85.8 Å². The molecule has 5 N–H and O–H groups in total. The van der Waals surface area contributed by atoms with Gasteiger partial charge in [0.05, 0.1) is 10.1 Å². The van der Waals surface area contributed by atoms with Crippen molar-refractivity contribution >= 4 is 40.2 Å². The van der Waals surface area contributed by atoms with Crippen LogP contribution in [0.4, 0.5) is 4.39 Å². The Bertz CT molecular complexity index is 742. The number of rotatable bonds is 4. The van der Waals surface area contributed by atoms with Gasteiger partial charge in [-0.05, 0) is 52.7 Å². The number of nitrogens with two attached hydrogens (primary N) is 1. The van der Waals surface area contributed by atoms with E-state index in [2.05, 4.69) is 33.0 Å². The Hall–Kier alpha value is -1.37. The second kappa shape index (κ2) is 7.71. The quantitative estimate of drug-likeness (QED) is 0.435. The van der Waals surface area contributed by atoms with E-state index < -0.39 is 5.82 Å². The van der Waals surface area contributed by atoms with E-state index in [0.29, 0.717) is 5.56 Å². The minimum Gasteiger partial charge on any atom is -0.404 e. The van der Waals surface area contributed by atoms with Crippen LogP contribution in [0.3, 0.4) is 0 Å². The second-order valence-electron chi connectivity index (χ2n) is 7.95. The van der Waals surface area contributed by atoms with E-state index in [4.69, 9.17) is 28.2 Å². The zero-order valence-corrected chi connectivity index (χ0v) is 17.1. The maximum Gasteiger partial charge on any atom is 0.131 e. The van der Waals surface area contributed by atoms with Crippen molar-refractivity contribution in [1.29, 1.82) is 10.8 Å². The lowest BCUT2D eigenvalue weighted by atomic mass is 9.82. The van der Waals surface area contributed by atoms with Gasteiger partial charge in [0.1, 0.15) is 5.82 Å². The van der Waals surface area contributed by atoms with Gasteiger partial charge in [0, 0.05) is 45.4 Å². The minimum atomic E-state index is -0.541. The molecular weight excluding hydrogens is 371 g/mol. The molecule has 4 nitrogen and oxygen atoms in total. The molecule has 1 fully saturated rings. The first-order valence-electron chi connectivity index (χ1n) is 8.45. The normalized spacial score (nSPS) is 20.0. The van der Waals surface area contributed by atoms with Crippen LogP contribution >= 0.6 is 23.4 Å². The number of thioether (sulfide) groups is 1. The van der Waals surface area contributed by atoms with E-state index in [1.807, 2.05) is 0 Å². The Kier molecular flexibility index (Phi) is 6.20. The van der Waals surface area contributed by atoms with Crippen molar-refractivity contribution in [2.45, 2.75) is 56.9 Å². The summed E-state index contributed by atoms with van der Waals surface area (Å²) in [6, 6.07) is 2.69. The lowest BCUT2D eigenvalue weighted by Crippen LogP contribution is -2.58. The highest BCUT2D eigenvalue weighted by Crippen LogP contribution is 2.38. The Morgan fingerprint density at radius 2 is 1.85 bits per heavy atom. The van der Waals surface area contributed by atoms with Crippen LogP contribution in [0, 0.1) is 16.6 Å². The fourth-order valence-electron chi connectivity index (χ4n) is 3.70. The van der Waals surface area contributed by atoms with Gasteiger partial charge in [-0.15, -0.1) is 11.8 Å². The summed E-state index contributed by atoms with van der Waals surface area (Å²) < 4.78 is 14.5. The molecule has 7 heteroatoms. The number of hydrogen-bond acceptors (Lipinski definition) is 5. The van der Waals surface area contributed by atoms with E-state index in [-0.39, 0.29) is 37.5 Å². The highest BCUT2D eigenvalue weighted by molar-refractivity contribution is 8.14. The maximum absolute atomic E-state index is 14.5. The molecule has 0 saturated carbocycles. The van der Waals surface area contributed by atoms with Gasteiger partial charge in [-0.1, -0.05) is 11.6 Å². The van der Waals surface area contributed by atoms with Crippen molar-refractivity contribution < 1.29 is 4.39 Å². The second-order valence-corrected chi connectivity index (χ2v) is 9.67. The van der Waals surface area contributed by atoms with E-state index in [9.17, 15) is 4.39 Å². The van der Waals surface area contributed by atoms with Crippen molar-refractivity contribution in [1.82, 2.24) is 5.32 Å². The molecule has 0 aromatic heterocycles. The van der Waals surface area contributed by atoms with E-state index in [1.54, 1.807) is 0 Å². The molecule has 0 amide bonds. The smallest absolute Gasteiger partial charge is 0.131 e. The SMILES string of the molecule is CC1(C)CC(SC(=N)c2cc(F)c(C(C=N)=CN)cc2Cl)CC(C)(C)N1. The summed E-state index contributed by atoms with van der Waals surface area (Å²) in [6.07, 6.45) is 3.97. The first-order chi connectivity index (χ1) is 12.0. The summed E-state index contributed by atoms with van der Waals surface area (Å²) in [7, 11) is 0. The molecule has 0 bridgehead atoms. The molecular formula is C19H26ClFN4S. The van der Waals surface area contributed by atoms with Crippen LogP contribution in [-0.4, -0.2) is 27.6 Å². The van der Waals surface area contributed by atoms with Gasteiger partial charge in [-0.25, -0.2) is 4.39 Å². The summed E-state index contributed by atoms with van der Waals surface area (Å²) in [5, 5.41) is 20.2. The molecule has 1 aromatic rings. The van der Waals surface area contributed by atoms with Crippen LogP contribution < -0.4 is 11.1 Å². The molecule has 1 heterocycles. The summed E-state index contributed by atoms with van der Waals surface area (Å²) in [5.74, 6) is -0.541. The molecule has 0 aliphatic carbocycles. The molecule has 0 unspecified atom stereocenters.